The number of rotatable bonds is 10. The third kappa shape index (κ3) is 4.77. The van der Waals surface area contributed by atoms with Gasteiger partial charge in [0.05, 0.1) is 24.8 Å². The molecular weight excluding hydrogens is 406 g/mol. The Hall–Kier alpha value is -4.15. The van der Waals surface area contributed by atoms with E-state index in [0.717, 1.165) is 16.2 Å². The first kappa shape index (κ1) is 22.5. The van der Waals surface area contributed by atoms with Gasteiger partial charge in [0, 0.05) is 17.7 Å². The van der Waals surface area contributed by atoms with E-state index in [1.807, 2.05) is 60.7 Å². The van der Waals surface area contributed by atoms with Crippen LogP contribution in [0.15, 0.2) is 78.9 Å². The van der Waals surface area contributed by atoms with E-state index in [1.54, 1.807) is 6.07 Å². The summed E-state index contributed by atoms with van der Waals surface area (Å²) in [4.78, 5) is 28.8. The number of benzene rings is 3. The molecular formula is C25H23N3O4. The van der Waals surface area contributed by atoms with Crippen LogP contribution in [0.5, 0.6) is 0 Å². The molecule has 7 heteroatoms. The predicted octanol–water partition coefficient (Wildman–Crippen LogP) is 3.76. The van der Waals surface area contributed by atoms with Crippen molar-refractivity contribution in [3.63, 3.8) is 0 Å². The minimum atomic E-state index is -1.14. The average Bonchev–Trinajstić information content (AvgIpc) is 2.83. The zero-order valence-corrected chi connectivity index (χ0v) is 17.3. The summed E-state index contributed by atoms with van der Waals surface area (Å²) in [5.74, 6) is -1.14. The van der Waals surface area contributed by atoms with Crippen molar-refractivity contribution in [3.05, 3.63) is 101 Å². The molecule has 3 rings (SSSR count). The Bertz CT molecular complexity index is 1070. The van der Waals surface area contributed by atoms with Crippen molar-refractivity contribution in [3.8, 4) is 6.07 Å². The molecule has 0 aliphatic rings. The molecule has 1 amide bonds. The number of hydrogen-bond acceptors (Lipinski definition) is 5. The molecule has 3 aromatic carbocycles. The molecule has 0 aliphatic heterocycles. The van der Waals surface area contributed by atoms with Crippen molar-refractivity contribution >= 4 is 18.1 Å². The van der Waals surface area contributed by atoms with Gasteiger partial charge in [-0.3, -0.25) is 9.63 Å². The molecule has 32 heavy (non-hydrogen) atoms. The van der Waals surface area contributed by atoms with Gasteiger partial charge in [0.25, 0.3) is 0 Å². The number of hydroxylamine groups is 2. The number of aromatic carboxylic acids is 1. The van der Waals surface area contributed by atoms with Crippen LogP contribution in [-0.2, 0) is 21.6 Å². The monoisotopic (exact) mass is 429 g/mol. The summed E-state index contributed by atoms with van der Waals surface area (Å²) in [6.45, 7) is -0.0841. The number of carboxylic acid groups (broad SMARTS) is 1. The molecule has 0 fully saturated rings. The molecule has 0 spiro atoms. The van der Waals surface area contributed by atoms with Crippen LogP contribution in [-0.4, -0.2) is 29.2 Å². The molecule has 0 aliphatic carbocycles. The summed E-state index contributed by atoms with van der Waals surface area (Å²) >= 11 is 0. The summed E-state index contributed by atoms with van der Waals surface area (Å²) in [5.41, 5.74) is 7.12. The van der Waals surface area contributed by atoms with Gasteiger partial charge in [-0.25, -0.2) is 9.86 Å². The molecule has 0 bridgehead atoms. The number of carbonyl (C=O) groups excluding carboxylic acids is 1. The molecule has 162 valence electrons. The van der Waals surface area contributed by atoms with Gasteiger partial charge in [0.1, 0.15) is 5.41 Å². The van der Waals surface area contributed by atoms with Gasteiger partial charge in [-0.05, 0) is 23.3 Å². The van der Waals surface area contributed by atoms with Crippen molar-refractivity contribution in [1.82, 2.24) is 5.06 Å². The summed E-state index contributed by atoms with van der Waals surface area (Å²) < 4.78 is 0. The zero-order chi connectivity index (χ0) is 23.0. The summed E-state index contributed by atoms with van der Waals surface area (Å²) in [6.07, 6.45) is 0.745. The van der Waals surface area contributed by atoms with E-state index >= 15 is 0 Å². The Balaban J connectivity index is 1.81. The van der Waals surface area contributed by atoms with Gasteiger partial charge in [-0.2, -0.15) is 5.26 Å². The zero-order valence-electron chi connectivity index (χ0n) is 17.3. The van der Waals surface area contributed by atoms with Crippen LogP contribution in [0.1, 0.15) is 33.5 Å². The second-order valence-electron chi connectivity index (χ2n) is 7.19. The number of nitriles is 1. The second kappa shape index (κ2) is 10.2. The molecule has 3 aromatic rings. The molecule has 0 saturated carbocycles. The standard InChI is InChI=1S/C25H23N3O4/c26-17-25(19-8-3-1-4-9-19,20-10-5-2-6-11-20)14-15-32-28(18-29)16-22-21(24(30)31)12-7-13-23(22)27/h1-13,18H,14-16,27H2,(H,30,31). The topological polar surface area (TPSA) is 117 Å². The van der Waals surface area contributed by atoms with E-state index in [0.29, 0.717) is 6.41 Å². The second-order valence-corrected chi connectivity index (χ2v) is 7.19. The van der Waals surface area contributed by atoms with Crippen LogP contribution in [0.3, 0.4) is 0 Å². The van der Waals surface area contributed by atoms with E-state index in [9.17, 15) is 20.0 Å². The molecule has 0 radical (unpaired) electrons. The van der Waals surface area contributed by atoms with Gasteiger partial charge in [-0.15, -0.1) is 0 Å². The molecule has 0 aromatic heterocycles. The largest absolute Gasteiger partial charge is 0.478 e. The molecule has 3 N–H and O–H groups in total. The number of nitrogens with two attached hydrogens (primary N) is 1. The maximum Gasteiger partial charge on any atom is 0.336 e. The van der Waals surface area contributed by atoms with Gasteiger partial charge in [-0.1, -0.05) is 66.7 Å². The highest BCUT2D eigenvalue weighted by molar-refractivity contribution is 5.91. The Morgan fingerprint density at radius 3 is 2.12 bits per heavy atom. The van der Waals surface area contributed by atoms with Gasteiger partial charge < -0.3 is 10.8 Å². The minimum absolute atomic E-state index is 0.000364. The van der Waals surface area contributed by atoms with Crippen molar-refractivity contribution in [2.24, 2.45) is 0 Å². The quantitative estimate of drug-likeness (QED) is 0.288. The molecule has 0 unspecified atom stereocenters. The lowest BCUT2D eigenvalue weighted by Crippen LogP contribution is -2.31. The van der Waals surface area contributed by atoms with E-state index in [-0.39, 0.29) is 36.4 Å². The number of nitrogen functional groups attached to an aromatic ring is 1. The highest BCUT2D eigenvalue weighted by Crippen LogP contribution is 2.35. The first-order valence-corrected chi connectivity index (χ1v) is 9.99. The predicted molar refractivity (Wildman–Crippen MR) is 119 cm³/mol. The van der Waals surface area contributed by atoms with Crippen molar-refractivity contribution in [2.75, 3.05) is 12.3 Å². The third-order valence-corrected chi connectivity index (χ3v) is 5.33. The highest BCUT2D eigenvalue weighted by Gasteiger charge is 2.34. The van der Waals surface area contributed by atoms with Crippen LogP contribution < -0.4 is 5.73 Å². The lowest BCUT2D eigenvalue weighted by Gasteiger charge is -2.29. The fraction of sp³-hybridized carbons (Fsp3) is 0.160. The number of carbonyl (C=O) groups is 2. The van der Waals surface area contributed by atoms with E-state index in [4.69, 9.17) is 10.6 Å². The fourth-order valence-electron chi connectivity index (χ4n) is 3.65. The van der Waals surface area contributed by atoms with E-state index in [2.05, 4.69) is 6.07 Å². The first-order valence-electron chi connectivity index (χ1n) is 9.99. The Labute approximate surface area is 186 Å². The van der Waals surface area contributed by atoms with Crippen LogP contribution in [0, 0.1) is 11.3 Å². The van der Waals surface area contributed by atoms with Gasteiger partial charge in [0.15, 0.2) is 0 Å². The van der Waals surface area contributed by atoms with E-state index < -0.39 is 11.4 Å². The summed E-state index contributed by atoms with van der Waals surface area (Å²) in [5, 5.41) is 20.6. The van der Waals surface area contributed by atoms with Gasteiger partial charge >= 0.3 is 5.97 Å². The maximum absolute atomic E-state index is 11.6. The SMILES string of the molecule is N#CC(CCON(C=O)Cc1c(N)cccc1C(=O)O)(c1ccccc1)c1ccccc1. The minimum Gasteiger partial charge on any atom is -0.478 e. The molecule has 0 saturated heterocycles. The van der Waals surface area contributed by atoms with E-state index in [1.165, 1.54) is 12.1 Å². The molecule has 0 atom stereocenters. The fourth-order valence-corrected chi connectivity index (χ4v) is 3.65. The number of nitrogens with zero attached hydrogens (tertiary/aromatic N) is 2. The average molecular weight is 429 g/mol. The number of amides is 1. The van der Waals surface area contributed by atoms with Crippen LogP contribution in [0.2, 0.25) is 0 Å². The van der Waals surface area contributed by atoms with Crippen LogP contribution in [0.4, 0.5) is 5.69 Å². The van der Waals surface area contributed by atoms with Crippen LogP contribution in [0.25, 0.3) is 0 Å². The molecule has 0 heterocycles. The molecule has 7 nitrogen and oxygen atoms in total. The number of hydrogen-bond donors (Lipinski definition) is 2. The number of carboxylic acids is 1. The highest BCUT2D eigenvalue weighted by atomic mass is 16.7. The summed E-state index contributed by atoms with van der Waals surface area (Å²) in [6, 6.07) is 25.7. The van der Waals surface area contributed by atoms with Crippen molar-refractivity contribution in [2.45, 2.75) is 18.4 Å². The summed E-state index contributed by atoms with van der Waals surface area (Å²) in [7, 11) is 0. The number of anilines is 1. The normalized spacial score (nSPS) is 10.8. The van der Waals surface area contributed by atoms with Crippen LogP contribution >= 0.6 is 0 Å². The Morgan fingerprint density at radius 1 is 1.03 bits per heavy atom. The smallest absolute Gasteiger partial charge is 0.336 e. The lowest BCUT2D eigenvalue weighted by molar-refractivity contribution is -0.176. The Morgan fingerprint density at radius 2 is 1.62 bits per heavy atom. The maximum atomic E-state index is 11.6. The van der Waals surface area contributed by atoms with Crippen molar-refractivity contribution < 1.29 is 19.5 Å². The lowest BCUT2D eigenvalue weighted by atomic mass is 9.73. The third-order valence-electron chi connectivity index (χ3n) is 5.33. The Kier molecular flexibility index (Phi) is 7.21. The first-order chi connectivity index (χ1) is 15.5. The van der Waals surface area contributed by atoms with Crippen molar-refractivity contribution in [1.29, 1.82) is 5.26 Å². The van der Waals surface area contributed by atoms with Gasteiger partial charge in [0.2, 0.25) is 6.41 Å².